The Hall–Kier alpha value is -2.58. The molecule has 0 saturated heterocycles. The van der Waals surface area contributed by atoms with E-state index >= 15 is 0 Å². The fourth-order valence-corrected chi connectivity index (χ4v) is 2.20. The summed E-state index contributed by atoms with van der Waals surface area (Å²) in [6.07, 6.45) is 1.60. The number of carbonyl (C=O) groups excluding carboxylic acids is 2. The number of rotatable bonds is 3. The Kier molecular flexibility index (Phi) is 4.10. The van der Waals surface area contributed by atoms with Gasteiger partial charge in [0.1, 0.15) is 12.6 Å². The third-order valence-electron chi connectivity index (χ3n) is 3.35. The first-order valence-electron chi connectivity index (χ1n) is 6.26. The number of aromatic nitrogens is 2. The SMILES string of the molecule is COC(=O)CN(C)C(=O)N1Cc2[nH]cnc2CC1C(=O)O. The third-order valence-corrected chi connectivity index (χ3v) is 3.35. The number of methoxy groups -OCH3 is 1. The number of amides is 2. The van der Waals surface area contributed by atoms with Crippen LogP contribution in [0, 0.1) is 0 Å². The summed E-state index contributed by atoms with van der Waals surface area (Å²) in [6, 6.07) is -1.55. The second kappa shape index (κ2) is 5.81. The van der Waals surface area contributed by atoms with Gasteiger partial charge in [-0.3, -0.25) is 4.79 Å². The highest BCUT2D eigenvalue weighted by Crippen LogP contribution is 2.21. The summed E-state index contributed by atoms with van der Waals surface area (Å²) in [4.78, 5) is 44.2. The van der Waals surface area contributed by atoms with Crippen molar-refractivity contribution in [2.45, 2.75) is 19.0 Å². The maximum absolute atomic E-state index is 12.3. The molecule has 114 valence electrons. The number of carbonyl (C=O) groups is 3. The number of aromatic amines is 1. The van der Waals surface area contributed by atoms with E-state index in [1.165, 1.54) is 25.4 Å². The number of H-pyrrole nitrogens is 1. The summed E-state index contributed by atoms with van der Waals surface area (Å²) in [6.45, 7) is -0.134. The molecule has 1 aromatic rings. The quantitative estimate of drug-likeness (QED) is 0.723. The molecular formula is C12H16N4O5. The van der Waals surface area contributed by atoms with Gasteiger partial charge in [0.15, 0.2) is 0 Å². The monoisotopic (exact) mass is 296 g/mol. The smallest absolute Gasteiger partial charge is 0.326 e. The van der Waals surface area contributed by atoms with E-state index in [0.717, 1.165) is 4.90 Å². The van der Waals surface area contributed by atoms with E-state index in [0.29, 0.717) is 11.4 Å². The predicted octanol–water partition coefficient (Wildman–Crippen LogP) is -0.554. The van der Waals surface area contributed by atoms with E-state index in [-0.39, 0.29) is 19.5 Å². The molecule has 0 bridgehead atoms. The Bertz CT molecular complexity index is 570. The number of imidazole rings is 1. The minimum atomic E-state index is -1.11. The first-order valence-corrected chi connectivity index (χ1v) is 6.26. The summed E-state index contributed by atoms with van der Waals surface area (Å²) in [5.41, 5.74) is 1.34. The average molecular weight is 296 g/mol. The minimum absolute atomic E-state index is 0.108. The Morgan fingerprint density at radius 2 is 2.29 bits per heavy atom. The molecule has 0 spiro atoms. The molecule has 9 heteroatoms. The van der Waals surface area contributed by atoms with Crippen LogP contribution in [0.25, 0.3) is 0 Å². The predicted molar refractivity (Wildman–Crippen MR) is 69.3 cm³/mol. The van der Waals surface area contributed by atoms with E-state index < -0.39 is 24.0 Å². The number of fused-ring (bicyclic) bond motifs is 1. The molecule has 1 aliphatic heterocycles. The van der Waals surface area contributed by atoms with Gasteiger partial charge in [-0.15, -0.1) is 0 Å². The summed E-state index contributed by atoms with van der Waals surface area (Å²) >= 11 is 0. The fraction of sp³-hybridized carbons (Fsp3) is 0.500. The topological polar surface area (TPSA) is 116 Å². The summed E-state index contributed by atoms with van der Waals surface area (Å²) in [5.74, 6) is -1.68. The first kappa shape index (κ1) is 14.8. The van der Waals surface area contributed by atoms with Gasteiger partial charge in [-0.25, -0.2) is 14.6 Å². The van der Waals surface area contributed by atoms with Gasteiger partial charge < -0.3 is 24.6 Å². The van der Waals surface area contributed by atoms with Crippen LogP contribution in [0.3, 0.4) is 0 Å². The molecule has 21 heavy (non-hydrogen) atoms. The van der Waals surface area contributed by atoms with E-state index in [2.05, 4.69) is 14.7 Å². The molecule has 2 heterocycles. The zero-order valence-electron chi connectivity index (χ0n) is 11.7. The Labute approximate surface area is 120 Å². The molecule has 1 unspecified atom stereocenters. The maximum atomic E-state index is 12.3. The number of likely N-dealkylation sites (N-methyl/N-ethyl adjacent to an activating group) is 1. The number of nitrogens with one attached hydrogen (secondary N) is 1. The van der Waals surface area contributed by atoms with Crippen LogP contribution in [-0.2, 0) is 27.3 Å². The van der Waals surface area contributed by atoms with Crippen molar-refractivity contribution in [2.24, 2.45) is 0 Å². The van der Waals surface area contributed by atoms with Gasteiger partial charge >= 0.3 is 18.0 Å². The van der Waals surface area contributed by atoms with Gasteiger partial charge in [0.05, 0.1) is 31.4 Å². The maximum Gasteiger partial charge on any atom is 0.326 e. The summed E-state index contributed by atoms with van der Waals surface area (Å²) in [7, 11) is 2.64. The second-order valence-corrected chi connectivity index (χ2v) is 4.73. The lowest BCUT2D eigenvalue weighted by Gasteiger charge is -2.34. The number of ether oxygens (including phenoxy) is 1. The van der Waals surface area contributed by atoms with Crippen LogP contribution >= 0.6 is 0 Å². The number of esters is 1. The highest BCUT2D eigenvalue weighted by atomic mass is 16.5. The van der Waals surface area contributed by atoms with Crippen LogP contribution in [0.15, 0.2) is 6.33 Å². The number of hydrogen-bond donors (Lipinski definition) is 2. The summed E-state index contributed by atoms with van der Waals surface area (Å²) in [5, 5.41) is 9.29. The number of urea groups is 1. The number of hydrogen-bond acceptors (Lipinski definition) is 5. The minimum Gasteiger partial charge on any atom is -0.480 e. The lowest BCUT2D eigenvalue weighted by molar-refractivity contribution is -0.143. The van der Waals surface area contributed by atoms with Gasteiger partial charge in [-0.1, -0.05) is 0 Å². The van der Waals surface area contributed by atoms with Gasteiger partial charge in [0.2, 0.25) is 0 Å². The van der Waals surface area contributed by atoms with Crippen LogP contribution in [0.5, 0.6) is 0 Å². The average Bonchev–Trinajstić information content (AvgIpc) is 2.91. The van der Waals surface area contributed by atoms with Gasteiger partial charge in [-0.2, -0.15) is 0 Å². The zero-order chi connectivity index (χ0) is 15.6. The highest BCUT2D eigenvalue weighted by molar-refractivity contribution is 5.85. The van der Waals surface area contributed by atoms with Crippen LogP contribution < -0.4 is 0 Å². The number of nitrogens with zero attached hydrogens (tertiary/aromatic N) is 3. The van der Waals surface area contributed by atoms with E-state index in [9.17, 15) is 19.5 Å². The largest absolute Gasteiger partial charge is 0.480 e. The second-order valence-electron chi connectivity index (χ2n) is 4.73. The van der Waals surface area contributed by atoms with Crippen LogP contribution in [-0.4, -0.2) is 69.6 Å². The number of aliphatic carboxylic acids is 1. The van der Waals surface area contributed by atoms with E-state index in [1.54, 1.807) is 0 Å². The molecule has 0 aromatic carbocycles. The molecule has 0 aliphatic carbocycles. The first-order chi connectivity index (χ1) is 9.93. The molecule has 1 aromatic heterocycles. The Balaban J connectivity index is 2.18. The van der Waals surface area contributed by atoms with Crippen molar-refractivity contribution in [1.29, 1.82) is 0 Å². The molecular weight excluding hydrogens is 280 g/mol. The van der Waals surface area contributed by atoms with Crippen LogP contribution in [0.2, 0.25) is 0 Å². The molecule has 2 rings (SSSR count). The van der Waals surface area contributed by atoms with Crippen molar-refractivity contribution in [3.8, 4) is 0 Å². The number of carboxylic acids is 1. The molecule has 0 saturated carbocycles. The zero-order valence-corrected chi connectivity index (χ0v) is 11.7. The number of carboxylic acid groups (broad SMARTS) is 1. The van der Waals surface area contributed by atoms with Gasteiger partial charge in [-0.05, 0) is 0 Å². The van der Waals surface area contributed by atoms with Crippen molar-refractivity contribution >= 4 is 18.0 Å². The van der Waals surface area contributed by atoms with Crippen molar-refractivity contribution in [3.05, 3.63) is 17.7 Å². The van der Waals surface area contributed by atoms with Crippen molar-refractivity contribution in [1.82, 2.24) is 19.8 Å². The lowest BCUT2D eigenvalue weighted by atomic mass is 10.0. The lowest BCUT2D eigenvalue weighted by Crippen LogP contribution is -2.53. The normalized spacial score (nSPS) is 17.0. The van der Waals surface area contributed by atoms with Gasteiger partial charge in [0.25, 0.3) is 0 Å². The molecule has 9 nitrogen and oxygen atoms in total. The molecule has 2 N–H and O–H groups in total. The highest BCUT2D eigenvalue weighted by Gasteiger charge is 2.37. The van der Waals surface area contributed by atoms with Crippen LogP contribution in [0.4, 0.5) is 4.79 Å². The molecule has 0 radical (unpaired) electrons. The Morgan fingerprint density at radius 1 is 1.57 bits per heavy atom. The molecule has 1 aliphatic rings. The third kappa shape index (κ3) is 2.96. The summed E-state index contributed by atoms with van der Waals surface area (Å²) < 4.78 is 4.49. The van der Waals surface area contributed by atoms with Crippen molar-refractivity contribution in [3.63, 3.8) is 0 Å². The van der Waals surface area contributed by atoms with Crippen LogP contribution in [0.1, 0.15) is 11.4 Å². The standard InChI is InChI=1S/C12H16N4O5/c1-15(5-10(17)21-2)12(20)16-4-8-7(13-6-14-8)3-9(16)11(18)19/h6,9H,3-5H2,1-2H3,(H,13,14)(H,18,19). The molecule has 2 amide bonds. The van der Waals surface area contributed by atoms with Crippen molar-refractivity contribution in [2.75, 3.05) is 20.7 Å². The van der Waals surface area contributed by atoms with Gasteiger partial charge in [0, 0.05) is 13.5 Å². The Morgan fingerprint density at radius 3 is 2.90 bits per heavy atom. The van der Waals surface area contributed by atoms with Crippen molar-refractivity contribution < 1.29 is 24.2 Å². The molecule has 1 atom stereocenters. The molecule has 0 fully saturated rings. The fourth-order valence-electron chi connectivity index (χ4n) is 2.20. The van der Waals surface area contributed by atoms with E-state index in [4.69, 9.17) is 0 Å². The van der Waals surface area contributed by atoms with E-state index in [1.807, 2.05) is 0 Å².